The first-order valence-electron chi connectivity index (χ1n) is 7.42. The minimum atomic E-state index is -3.49. The smallest absolute Gasteiger partial charge is 0.212 e. The summed E-state index contributed by atoms with van der Waals surface area (Å²) >= 11 is 3.51. The van der Waals surface area contributed by atoms with Crippen LogP contribution in [0.3, 0.4) is 0 Å². The maximum Gasteiger partial charge on any atom is 0.218 e. The van der Waals surface area contributed by atoms with Crippen molar-refractivity contribution in [3.05, 3.63) is 58.0 Å². The molecule has 0 bridgehead atoms. The molecule has 3 nitrogen and oxygen atoms in total. The Morgan fingerprint density at radius 2 is 2.00 bits per heavy atom. The number of hydrogen-bond donors (Lipinski definition) is 0. The second-order valence-electron chi connectivity index (χ2n) is 5.41. The fourth-order valence-corrected chi connectivity index (χ4v) is 6.55. The van der Waals surface area contributed by atoms with Gasteiger partial charge in [0.2, 0.25) is 10.0 Å². The highest BCUT2D eigenvalue weighted by atomic mass is 32.2. The summed E-state index contributed by atoms with van der Waals surface area (Å²) in [6, 6.07) is 10.2. The van der Waals surface area contributed by atoms with E-state index < -0.39 is 15.8 Å². The van der Waals surface area contributed by atoms with Crippen molar-refractivity contribution in [2.45, 2.75) is 17.4 Å². The average molecular weight is 372 g/mol. The Morgan fingerprint density at radius 1 is 1.17 bits per heavy atom. The van der Waals surface area contributed by atoms with Crippen molar-refractivity contribution in [2.75, 3.05) is 18.8 Å². The van der Waals surface area contributed by atoms with Crippen molar-refractivity contribution in [3.63, 3.8) is 0 Å². The summed E-state index contributed by atoms with van der Waals surface area (Å²) in [5.41, 5.74) is 0.235. The molecule has 1 fully saturated rings. The van der Waals surface area contributed by atoms with Crippen molar-refractivity contribution >= 4 is 33.1 Å². The predicted molar refractivity (Wildman–Crippen MR) is 94.7 cm³/mol. The number of thiophene rings is 1. The van der Waals surface area contributed by atoms with Crippen LogP contribution in [0, 0.1) is 5.82 Å². The summed E-state index contributed by atoms with van der Waals surface area (Å²) in [5.74, 6) is 0.0318. The molecule has 23 heavy (non-hydrogen) atoms. The van der Waals surface area contributed by atoms with Crippen molar-refractivity contribution in [1.82, 2.24) is 4.31 Å². The third-order valence-electron chi connectivity index (χ3n) is 3.85. The van der Waals surface area contributed by atoms with Crippen LogP contribution < -0.4 is 0 Å². The van der Waals surface area contributed by atoms with Gasteiger partial charge in [-0.1, -0.05) is 24.3 Å². The second-order valence-corrected chi connectivity index (χ2v) is 9.67. The molecule has 1 aliphatic heterocycles. The van der Waals surface area contributed by atoms with E-state index in [2.05, 4.69) is 6.07 Å². The minimum Gasteiger partial charge on any atom is -0.212 e. The molecule has 3 rings (SSSR count). The molecule has 1 aromatic carbocycles. The van der Waals surface area contributed by atoms with Gasteiger partial charge in [-0.25, -0.2) is 17.1 Å². The van der Waals surface area contributed by atoms with E-state index in [-0.39, 0.29) is 11.3 Å². The van der Waals surface area contributed by atoms with Crippen LogP contribution in [0.15, 0.2) is 41.8 Å². The Morgan fingerprint density at radius 3 is 2.74 bits per heavy atom. The highest BCUT2D eigenvalue weighted by Crippen LogP contribution is 2.37. The molecule has 1 atom stereocenters. The lowest BCUT2D eigenvalue weighted by Crippen LogP contribution is -2.34. The monoisotopic (exact) mass is 371 g/mol. The fourth-order valence-electron chi connectivity index (χ4n) is 2.63. The minimum absolute atomic E-state index is 0.235. The van der Waals surface area contributed by atoms with Gasteiger partial charge >= 0.3 is 0 Å². The molecule has 7 heteroatoms. The van der Waals surface area contributed by atoms with Gasteiger partial charge in [-0.2, -0.15) is 11.8 Å². The molecule has 0 N–H and O–H groups in total. The lowest BCUT2D eigenvalue weighted by Gasteiger charge is -2.20. The third kappa shape index (κ3) is 4.15. The Balaban J connectivity index is 1.70. The van der Waals surface area contributed by atoms with E-state index >= 15 is 0 Å². The van der Waals surface area contributed by atoms with Gasteiger partial charge in [0.1, 0.15) is 5.82 Å². The van der Waals surface area contributed by atoms with Gasteiger partial charge in [0.15, 0.2) is 0 Å². The molecule has 1 aromatic heterocycles. The Bertz CT molecular complexity index is 746. The predicted octanol–water partition coefficient (Wildman–Crippen LogP) is 3.90. The quantitative estimate of drug-likeness (QED) is 0.818. The SMILES string of the molecule is O=S(=O)(Cc1ccccc1F)N1CCSC(c2cccs2)CC1. The van der Waals surface area contributed by atoms with Gasteiger partial charge in [-0.05, 0) is 23.9 Å². The van der Waals surface area contributed by atoms with Gasteiger partial charge in [-0.15, -0.1) is 11.3 Å². The molecule has 1 unspecified atom stereocenters. The van der Waals surface area contributed by atoms with Crippen LogP contribution in [0.4, 0.5) is 4.39 Å². The van der Waals surface area contributed by atoms with Crippen molar-refractivity contribution < 1.29 is 12.8 Å². The number of nitrogens with zero attached hydrogens (tertiary/aromatic N) is 1. The van der Waals surface area contributed by atoms with E-state index in [9.17, 15) is 12.8 Å². The molecule has 0 aliphatic carbocycles. The largest absolute Gasteiger partial charge is 0.218 e. The van der Waals surface area contributed by atoms with Gasteiger partial charge < -0.3 is 0 Å². The van der Waals surface area contributed by atoms with E-state index in [1.807, 2.05) is 11.4 Å². The van der Waals surface area contributed by atoms with Crippen molar-refractivity contribution in [1.29, 1.82) is 0 Å². The number of rotatable bonds is 4. The van der Waals surface area contributed by atoms with Crippen molar-refractivity contribution in [2.24, 2.45) is 0 Å². The number of benzene rings is 1. The zero-order valence-electron chi connectivity index (χ0n) is 12.5. The molecule has 0 saturated carbocycles. The van der Waals surface area contributed by atoms with Crippen molar-refractivity contribution in [3.8, 4) is 0 Å². The van der Waals surface area contributed by atoms with E-state index in [4.69, 9.17) is 0 Å². The molecular weight excluding hydrogens is 353 g/mol. The molecule has 2 heterocycles. The van der Waals surface area contributed by atoms with Crippen LogP contribution in [-0.2, 0) is 15.8 Å². The maximum absolute atomic E-state index is 13.7. The van der Waals surface area contributed by atoms with Crippen LogP contribution in [0.25, 0.3) is 0 Å². The Kier molecular flexibility index (Phi) is 5.41. The van der Waals surface area contributed by atoms with E-state index in [1.165, 1.54) is 21.3 Å². The first kappa shape index (κ1) is 17.0. The topological polar surface area (TPSA) is 37.4 Å². The highest BCUT2D eigenvalue weighted by molar-refractivity contribution is 7.99. The number of thioether (sulfide) groups is 1. The van der Waals surface area contributed by atoms with Gasteiger partial charge in [0.05, 0.1) is 5.75 Å². The highest BCUT2D eigenvalue weighted by Gasteiger charge is 2.28. The second kappa shape index (κ2) is 7.34. The number of halogens is 1. The van der Waals surface area contributed by atoms with E-state index in [1.54, 1.807) is 35.2 Å². The van der Waals surface area contributed by atoms with Crippen LogP contribution in [0.1, 0.15) is 22.1 Å². The van der Waals surface area contributed by atoms with E-state index in [0.29, 0.717) is 18.3 Å². The summed E-state index contributed by atoms with van der Waals surface area (Å²) < 4.78 is 40.5. The Labute approximate surface area is 144 Å². The number of hydrogen-bond acceptors (Lipinski definition) is 4. The summed E-state index contributed by atoms with van der Waals surface area (Å²) in [6.07, 6.45) is 0.793. The summed E-state index contributed by atoms with van der Waals surface area (Å²) in [5, 5.41) is 2.40. The molecule has 0 amide bonds. The van der Waals surface area contributed by atoms with Gasteiger partial charge in [0.25, 0.3) is 0 Å². The lowest BCUT2D eigenvalue weighted by atomic mass is 10.2. The zero-order valence-corrected chi connectivity index (χ0v) is 15.0. The van der Waals surface area contributed by atoms with Crippen LogP contribution in [0.2, 0.25) is 0 Å². The molecular formula is C16H18FNO2S3. The maximum atomic E-state index is 13.7. The lowest BCUT2D eigenvalue weighted by molar-refractivity contribution is 0.427. The first-order valence-corrected chi connectivity index (χ1v) is 11.0. The summed E-state index contributed by atoms with van der Waals surface area (Å²) in [6.45, 7) is 0.982. The normalized spacial score (nSPS) is 20.3. The Hall–Kier alpha value is -0.890. The zero-order chi connectivity index (χ0) is 16.3. The summed E-state index contributed by atoms with van der Waals surface area (Å²) in [7, 11) is -3.49. The molecule has 1 aliphatic rings. The molecule has 2 aromatic rings. The standard InChI is InChI=1S/C16H18FNO2S3/c17-14-5-2-1-4-13(14)12-23(19,20)18-8-7-16(22-11-9-18)15-6-3-10-21-15/h1-6,10,16H,7-9,11-12H2. The molecule has 0 radical (unpaired) electrons. The van der Waals surface area contributed by atoms with Gasteiger partial charge in [-0.3, -0.25) is 0 Å². The van der Waals surface area contributed by atoms with Crippen LogP contribution in [0.5, 0.6) is 0 Å². The first-order chi connectivity index (χ1) is 11.1. The average Bonchev–Trinajstić information content (AvgIpc) is 2.93. The van der Waals surface area contributed by atoms with Crippen LogP contribution >= 0.6 is 23.1 Å². The summed E-state index contributed by atoms with van der Waals surface area (Å²) in [4.78, 5) is 1.29. The fraction of sp³-hybridized carbons (Fsp3) is 0.375. The molecule has 0 spiro atoms. The molecule has 124 valence electrons. The number of sulfonamides is 1. The molecule has 1 saturated heterocycles. The van der Waals surface area contributed by atoms with Gasteiger partial charge in [0, 0.05) is 34.5 Å². The van der Waals surface area contributed by atoms with Crippen LogP contribution in [-0.4, -0.2) is 31.6 Å². The van der Waals surface area contributed by atoms with E-state index in [0.717, 1.165) is 12.2 Å². The third-order valence-corrected chi connectivity index (χ3v) is 8.12.